The van der Waals surface area contributed by atoms with E-state index in [1.54, 1.807) is 0 Å². The lowest BCUT2D eigenvalue weighted by molar-refractivity contribution is 0.153. The van der Waals surface area contributed by atoms with Crippen LogP contribution in [0.3, 0.4) is 0 Å². The third-order valence-corrected chi connectivity index (χ3v) is 4.45. The lowest BCUT2D eigenvalue weighted by atomic mass is 9.66. The van der Waals surface area contributed by atoms with Crippen LogP contribution < -0.4 is 5.32 Å². The molecule has 0 aliphatic heterocycles. The van der Waals surface area contributed by atoms with Crippen LogP contribution in [-0.4, -0.2) is 27.6 Å². The van der Waals surface area contributed by atoms with E-state index in [9.17, 15) is 0 Å². The zero-order valence-electron chi connectivity index (χ0n) is 13.0. The Morgan fingerprint density at radius 2 is 2.21 bits per heavy atom. The van der Waals surface area contributed by atoms with Crippen molar-refractivity contribution in [1.29, 1.82) is 0 Å². The minimum absolute atomic E-state index is 0.434. The zero-order valence-corrected chi connectivity index (χ0v) is 13.0. The fraction of sp³-hybridized carbons (Fsp3) is 0.867. The van der Waals surface area contributed by atoms with Crippen LogP contribution in [0, 0.1) is 11.3 Å². The third-order valence-electron chi connectivity index (χ3n) is 4.45. The van der Waals surface area contributed by atoms with Gasteiger partial charge < -0.3 is 5.32 Å². The molecule has 4 nitrogen and oxygen atoms in total. The minimum atomic E-state index is 0.434. The number of aryl methyl sites for hydroxylation is 1. The second-order valence-corrected chi connectivity index (χ2v) is 7.12. The SMILES string of the molecule is CC(C)NCC1CCC(C)(C)CC1c1cnnn1C. The van der Waals surface area contributed by atoms with Gasteiger partial charge in [-0.2, -0.15) is 0 Å². The van der Waals surface area contributed by atoms with Crippen LogP contribution in [-0.2, 0) is 7.05 Å². The summed E-state index contributed by atoms with van der Waals surface area (Å²) >= 11 is 0. The molecule has 4 heteroatoms. The maximum atomic E-state index is 4.12. The van der Waals surface area contributed by atoms with Crippen molar-refractivity contribution in [3.8, 4) is 0 Å². The molecule has 1 aliphatic carbocycles. The van der Waals surface area contributed by atoms with Gasteiger partial charge in [0.05, 0.1) is 11.9 Å². The maximum Gasteiger partial charge on any atom is 0.0728 e. The molecule has 2 rings (SSSR count). The van der Waals surface area contributed by atoms with E-state index >= 15 is 0 Å². The van der Waals surface area contributed by atoms with Crippen LogP contribution in [0.15, 0.2) is 6.20 Å². The molecule has 2 atom stereocenters. The number of aromatic nitrogens is 3. The Morgan fingerprint density at radius 1 is 1.47 bits per heavy atom. The van der Waals surface area contributed by atoms with Crippen molar-refractivity contribution >= 4 is 0 Å². The first kappa shape index (κ1) is 14.5. The summed E-state index contributed by atoms with van der Waals surface area (Å²) in [5, 5.41) is 11.8. The number of nitrogens with zero attached hydrogens (tertiary/aromatic N) is 3. The summed E-state index contributed by atoms with van der Waals surface area (Å²) in [6.45, 7) is 10.3. The molecule has 0 spiro atoms. The Hall–Kier alpha value is -0.900. The molecule has 0 bridgehead atoms. The molecule has 0 aromatic carbocycles. The Kier molecular flexibility index (Phi) is 4.29. The van der Waals surface area contributed by atoms with Gasteiger partial charge in [0.15, 0.2) is 0 Å². The Labute approximate surface area is 117 Å². The highest BCUT2D eigenvalue weighted by atomic mass is 15.4. The number of hydrogen-bond acceptors (Lipinski definition) is 3. The zero-order chi connectivity index (χ0) is 14.0. The van der Waals surface area contributed by atoms with Crippen molar-refractivity contribution in [1.82, 2.24) is 20.3 Å². The van der Waals surface area contributed by atoms with Gasteiger partial charge in [0.25, 0.3) is 0 Å². The molecule has 1 saturated carbocycles. The molecule has 19 heavy (non-hydrogen) atoms. The normalized spacial score (nSPS) is 26.8. The van der Waals surface area contributed by atoms with E-state index in [1.165, 1.54) is 25.0 Å². The van der Waals surface area contributed by atoms with Gasteiger partial charge in [-0.1, -0.05) is 32.9 Å². The summed E-state index contributed by atoms with van der Waals surface area (Å²) in [6, 6.07) is 0.556. The monoisotopic (exact) mass is 264 g/mol. The second kappa shape index (κ2) is 5.61. The lowest BCUT2D eigenvalue weighted by Crippen LogP contribution is -2.37. The molecule has 1 aromatic heterocycles. The quantitative estimate of drug-likeness (QED) is 0.909. The summed E-state index contributed by atoms with van der Waals surface area (Å²) in [4.78, 5) is 0. The maximum absolute atomic E-state index is 4.12. The minimum Gasteiger partial charge on any atom is -0.314 e. The van der Waals surface area contributed by atoms with Gasteiger partial charge in [-0.15, -0.1) is 5.10 Å². The van der Waals surface area contributed by atoms with Crippen LogP contribution in [0.4, 0.5) is 0 Å². The summed E-state index contributed by atoms with van der Waals surface area (Å²) < 4.78 is 1.95. The molecule has 1 aromatic rings. The first-order chi connectivity index (χ1) is 8.89. The van der Waals surface area contributed by atoms with E-state index in [0.717, 1.165) is 6.54 Å². The average molecular weight is 264 g/mol. The summed E-state index contributed by atoms with van der Waals surface area (Å²) in [6.07, 6.45) is 5.80. The Morgan fingerprint density at radius 3 is 2.79 bits per heavy atom. The topological polar surface area (TPSA) is 42.7 Å². The van der Waals surface area contributed by atoms with Gasteiger partial charge in [0, 0.05) is 19.0 Å². The molecular weight excluding hydrogens is 236 g/mol. The molecule has 0 saturated heterocycles. The summed E-state index contributed by atoms with van der Waals surface area (Å²) in [7, 11) is 2.01. The fourth-order valence-electron chi connectivity index (χ4n) is 3.25. The standard InChI is InChI=1S/C15H28N4/c1-11(2)16-9-12-6-7-15(3,4)8-13(12)14-10-17-18-19(14)5/h10-13,16H,6-9H2,1-5H3. The van der Waals surface area contributed by atoms with Crippen molar-refractivity contribution < 1.29 is 0 Å². The lowest BCUT2D eigenvalue weighted by Gasteiger charge is -2.41. The van der Waals surface area contributed by atoms with Crippen LogP contribution in [0.25, 0.3) is 0 Å². The molecule has 1 heterocycles. The van der Waals surface area contributed by atoms with Gasteiger partial charge in [-0.3, -0.25) is 4.68 Å². The number of hydrogen-bond donors (Lipinski definition) is 1. The van der Waals surface area contributed by atoms with Crippen molar-refractivity contribution in [3.63, 3.8) is 0 Å². The first-order valence-corrected chi connectivity index (χ1v) is 7.47. The second-order valence-electron chi connectivity index (χ2n) is 7.12. The van der Waals surface area contributed by atoms with Crippen molar-refractivity contribution in [3.05, 3.63) is 11.9 Å². The highest BCUT2D eigenvalue weighted by molar-refractivity contribution is 5.09. The Balaban J connectivity index is 2.14. The fourth-order valence-corrected chi connectivity index (χ4v) is 3.25. The molecule has 1 N–H and O–H groups in total. The predicted molar refractivity (Wildman–Crippen MR) is 78.0 cm³/mol. The van der Waals surface area contributed by atoms with Crippen LogP contribution >= 0.6 is 0 Å². The molecule has 108 valence electrons. The molecule has 2 unspecified atom stereocenters. The van der Waals surface area contributed by atoms with Crippen molar-refractivity contribution in [2.45, 2.75) is 58.9 Å². The van der Waals surface area contributed by atoms with Gasteiger partial charge in [0.1, 0.15) is 0 Å². The number of rotatable bonds is 4. The van der Waals surface area contributed by atoms with E-state index in [4.69, 9.17) is 0 Å². The van der Waals surface area contributed by atoms with E-state index in [-0.39, 0.29) is 0 Å². The molecule has 1 fully saturated rings. The summed E-state index contributed by atoms with van der Waals surface area (Å²) in [5.41, 5.74) is 1.73. The molecular formula is C15H28N4. The van der Waals surface area contributed by atoms with Gasteiger partial charge in [-0.05, 0) is 37.1 Å². The van der Waals surface area contributed by atoms with Crippen LogP contribution in [0.5, 0.6) is 0 Å². The average Bonchev–Trinajstić information content (AvgIpc) is 2.72. The van der Waals surface area contributed by atoms with E-state index in [1.807, 2.05) is 17.9 Å². The van der Waals surface area contributed by atoms with Gasteiger partial charge >= 0.3 is 0 Å². The summed E-state index contributed by atoms with van der Waals surface area (Å²) in [5.74, 6) is 1.28. The molecule has 0 amide bonds. The third kappa shape index (κ3) is 3.56. The number of nitrogens with one attached hydrogen (secondary N) is 1. The van der Waals surface area contributed by atoms with E-state index in [0.29, 0.717) is 23.3 Å². The van der Waals surface area contributed by atoms with Crippen molar-refractivity contribution in [2.24, 2.45) is 18.4 Å². The first-order valence-electron chi connectivity index (χ1n) is 7.47. The highest BCUT2D eigenvalue weighted by Crippen LogP contribution is 2.46. The smallest absolute Gasteiger partial charge is 0.0728 e. The van der Waals surface area contributed by atoms with Crippen molar-refractivity contribution in [2.75, 3.05) is 6.54 Å². The predicted octanol–water partition coefficient (Wildman–Crippen LogP) is 2.72. The molecule has 0 radical (unpaired) electrons. The van der Waals surface area contributed by atoms with Gasteiger partial charge in [0.2, 0.25) is 0 Å². The van der Waals surface area contributed by atoms with E-state index in [2.05, 4.69) is 43.3 Å². The van der Waals surface area contributed by atoms with Gasteiger partial charge in [-0.25, -0.2) is 0 Å². The van der Waals surface area contributed by atoms with E-state index < -0.39 is 0 Å². The molecule has 1 aliphatic rings. The highest BCUT2D eigenvalue weighted by Gasteiger charge is 2.37. The van der Waals surface area contributed by atoms with Crippen LogP contribution in [0.1, 0.15) is 58.6 Å². The Bertz CT molecular complexity index is 406. The van der Waals surface area contributed by atoms with Crippen LogP contribution in [0.2, 0.25) is 0 Å². The largest absolute Gasteiger partial charge is 0.314 e.